The Bertz CT molecular complexity index is 1180. The first-order chi connectivity index (χ1) is 16.7. The Kier molecular flexibility index (Phi) is 7.48. The van der Waals surface area contributed by atoms with E-state index in [4.69, 9.17) is 21.4 Å². The van der Waals surface area contributed by atoms with Crippen LogP contribution in [0, 0.1) is 5.82 Å². The molecular weight excluding hydrogens is 502 g/mol. The van der Waals surface area contributed by atoms with Crippen molar-refractivity contribution in [2.24, 2.45) is 4.99 Å². The molecule has 2 aliphatic heterocycles. The molecular formula is C23H23ClF2N4O4S. The summed E-state index contributed by atoms with van der Waals surface area (Å²) in [6, 6.07) is 2.95. The van der Waals surface area contributed by atoms with Crippen LogP contribution < -0.4 is 5.32 Å². The van der Waals surface area contributed by atoms with Crippen LogP contribution in [0.4, 0.5) is 8.78 Å². The monoisotopic (exact) mass is 524 g/mol. The normalized spacial score (nSPS) is 19.5. The van der Waals surface area contributed by atoms with Crippen LogP contribution in [0.25, 0.3) is 0 Å². The van der Waals surface area contributed by atoms with Gasteiger partial charge in [-0.25, -0.2) is 18.6 Å². The molecule has 3 heterocycles. The number of carbonyl (C=O) groups is 2. The maximum atomic E-state index is 14.9. The lowest BCUT2D eigenvalue weighted by atomic mass is 9.89. The van der Waals surface area contributed by atoms with Crippen LogP contribution in [0.3, 0.4) is 0 Å². The zero-order chi connectivity index (χ0) is 25.2. The number of aromatic nitrogens is 1. The predicted octanol–water partition coefficient (Wildman–Crippen LogP) is 3.73. The average molecular weight is 525 g/mol. The molecule has 1 fully saturated rings. The van der Waals surface area contributed by atoms with Crippen molar-refractivity contribution in [1.82, 2.24) is 15.2 Å². The highest BCUT2D eigenvalue weighted by Crippen LogP contribution is 2.38. The van der Waals surface area contributed by atoms with Gasteiger partial charge < -0.3 is 15.2 Å². The number of alkyl halides is 1. The second-order valence-electron chi connectivity index (χ2n) is 8.31. The Labute approximate surface area is 209 Å². The van der Waals surface area contributed by atoms with Crippen molar-refractivity contribution in [3.8, 4) is 0 Å². The molecule has 1 aromatic carbocycles. The number of amidine groups is 1. The van der Waals surface area contributed by atoms with Gasteiger partial charge in [-0.15, -0.1) is 11.3 Å². The van der Waals surface area contributed by atoms with Gasteiger partial charge in [0.1, 0.15) is 17.5 Å². The van der Waals surface area contributed by atoms with Gasteiger partial charge >= 0.3 is 11.9 Å². The van der Waals surface area contributed by atoms with Crippen LogP contribution in [-0.4, -0.2) is 64.7 Å². The molecule has 0 unspecified atom stereocenters. The van der Waals surface area contributed by atoms with Crippen molar-refractivity contribution in [2.75, 3.05) is 26.2 Å². The van der Waals surface area contributed by atoms with Crippen LogP contribution in [-0.2, 0) is 14.3 Å². The summed E-state index contributed by atoms with van der Waals surface area (Å²) in [6.45, 7) is 2.00. The van der Waals surface area contributed by atoms with Crippen LogP contribution in [0.2, 0.25) is 5.02 Å². The number of likely N-dealkylation sites (tertiary alicyclic amines) is 1. The zero-order valence-corrected chi connectivity index (χ0v) is 20.3. The fourth-order valence-corrected chi connectivity index (χ4v) is 5.00. The molecule has 4 rings (SSSR count). The number of thiazole rings is 1. The summed E-state index contributed by atoms with van der Waals surface area (Å²) < 4.78 is 33.9. The van der Waals surface area contributed by atoms with E-state index < -0.39 is 29.5 Å². The Hall–Kier alpha value is -2.89. The van der Waals surface area contributed by atoms with Gasteiger partial charge in [-0.3, -0.25) is 14.7 Å². The number of esters is 1. The first-order valence-electron chi connectivity index (χ1n) is 10.9. The molecule has 1 aromatic heterocycles. The molecule has 35 heavy (non-hydrogen) atoms. The summed E-state index contributed by atoms with van der Waals surface area (Å²) in [5.74, 6) is -1.81. The first kappa shape index (κ1) is 25.2. The number of hydrogen-bond donors (Lipinski definition) is 2. The second kappa shape index (κ2) is 10.4. The number of ether oxygens (including phenoxy) is 1. The highest BCUT2D eigenvalue weighted by molar-refractivity contribution is 7.11. The maximum Gasteiger partial charge on any atom is 0.338 e. The number of nitrogens with zero attached hydrogens (tertiary/aromatic N) is 3. The van der Waals surface area contributed by atoms with Crippen LogP contribution >= 0.6 is 22.9 Å². The summed E-state index contributed by atoms with van der Waals surface area (Å²) in [5, 5.41) is 14.5. The third-order valence-electron chi connectivity index (χ3n) is 5.70. The summed E-state index contributed by atoms with van der Waals surface area (Å²) >= 11 is 7.68. The number of carboxylic acids is 1. The molecule has 2 aliphatic rings. The number of rotatable bonds is 9. The third-order valence-corrected chi connectivity index (χ3v) is 6.80. The zero-order valence-electron chi connectivity index (χ0n) is 18.8. The van der Waals surface area contributed by atoms with Crippen LogP contribution in [0.1, 0.15) is 36.4 Å². The number of aliphatic carboxylic acids is 1. The predicted molar refractivity (Wildman–Crippen MR) is 127 cm³/mol. The molecule has 0 saturated carbocycles. The number of halogens is 3. The fourth-order valence-electron chi connectivity index (χ4n) is 4.15. The summed E-state index contributed by atoms with van der Waals surface area (Å²) in [5.41, 5.74) is -0.574. The van der Waals surface area contributed by atoms with Gasteiger partial charge in [0.25, 0.3) is 0 Å². The number of nitrogens with one attached hydrogen (secondary N) is 1. The number of aliphatic imine (C=N–C) groups is 1. The van der Waals surface area contributed by atoms with Gasteiger partial charge in [0.15, 0.2) is 10.8 Å². The van der Waals surface area contributed by atoms with E-state index >= 15 is 0 Å². The third kappa shape index (κ3) is 5.68. The quantitative estimate of drug-likeness (QED) is 0.482. The summed E-state index contributed by atoms with van der Waals surface area (Å²) in [7, 11) is 0. The Balaban J connectivity index is 1.70. The lowest BCUT2D eigenvalue weighted by molar-refractivity contribution is -0.140. The van der Waals surface area contributed by atoms with Crippen LogP contribution in [0.5, 0.6) is 0 Å². The Morgan fingerprint density at radius 1 is 1.40 bits per heavy atom. The molecule has 2 N–H and O–H groups in total. The van der Waals surface area contributed by atoms with E-state index in [0.717, 1.165) is 6.07 Å². The average Bonchev–Trinajstić information content (AvgIpc) is 3.31. The highest BCUT2D eigenvalue weighted by atomic mass is 35.5. The fraction of sp³-hybridized carbons (Fsp3) is 0.391. The van der Waals surface area contributed by atoms with Crippen molar-refractivity contribution in [1.29, 1.82) is 0 Å². The molecule has 0 amide bonds. The number of benzene rings is 1. The lowest BCUT2D eigenvalue weighted by Crippen LogP contribution is -2.60. The van der Waals surface area contributed by atoms with Gasteiger partial charge in [0.2, 0.25) is 0 Å². The smallest absolute Gasteiger partial charge is 0.338 e. The lowest BCUT2D eigenvalue weighted by Gasteiger charge is -2.45. The standard InChI is InChI=1S/C23H23ClF2N4O4S/c1-2-34-22(33)18-16(10-30-11-23(26,12-30)6-5-17(31)32)28-20(21-27-7-8-35-21)29-19(18)14-4-3-13(25)9-15(14)24/h3-4,7-9,19H,2,5-6,10-12H2,1H3,(H,28,29)(H,31,32)/t19-/m0/s1. The second-order valence-corrected chi connectivity index (χ2v) is 9.61. The van der Waals surface area contributed by atoms with E-state index in [2.05, 4.69) is 15.3 Å². The molecule has 8 nitrogen and oxygen atoms in total. The molecule has 1 saturated heterocycles. The first-order valence-corrected chi connectivity index (χ1v) is 12.2. The van der Waals surface area contributed by atoms with Gasteiger partial charge in [-0.2, -0.15) is 0 Å². The van der Waals surface area contributed by atoms with E-state index in [0.29, 0.717) is 22.1 Å². The van der Waals surface area contributed by atoms with E-state index in [1.165, 1.54) is 23.5 Å². The SMILES string of the molecule is CCOC(=O)C1=C(CN2CC(F)(CCC(=O)O)C2)NC(c2nccs2)=N[C@H]1c1ccc(F)cc1Cl. The van der Waals surface area contributed by atoms with Crippen molar-refractivity contribution in [2.45, 2.75) is 31.5 Å². The van der Waals surface area contributed by atoms with E-state index in [1.807, 2.05) is 0 Å². The van der Waals surface area contributed by atoms with Crippen LogP contribution in [0.15, 0.2) is 46.0 Å². The van der Waals surface area contributed by atoms with E-state index in [9.17, 15) is 18.4 Å². The highest BCUT2D eigenvalue weighted by Gasteiger charge is 2.44. The van der Waals surface area contributed by atoms with E-state index in [1.54, 1.807) is 23.4 Å². The van der Waals surface area contributed by atoms with Crippen molar-refractivity contribution < 1.29 is 28.2 Å². The molecule has 0 radical (unpaired) electrons. The number of hydrogen-bond acceptors (Lipinski definition) is 8. The molecule has 186 valence electrons. The molecule has 12 heteroatoms. The minimum Gasteiger partial charge on any atom is -0.481 e. The minimum absolute atomic E-state index is 0.0211. The number of carboxylic acid groups (broad SMARTS) is 1. The summed E-state index contributed by atoms with van der Waals surface area (Å²) in [6.07, 6.45) is 1.27. The Morgan fingerprint density at radius 3 is 2.80 bits per heavy atom. The van der Waals surface area contributed by atoms with Gasteiger partial charge in [0.05, 0.1) is 12.2 Å². The Morgan fingerprint density at radius 2 is 2.17 bits per heavy atom. The van der Waals surface area contributed by atoms with E-state index in [-0.39, 0.29) is 49.7 Å². The van der Waals surface area contributed by atoms with Crippen molar-refractivity contribution in [3.05, 3.63) is 62.5 Å². The molecule has 0 bridgehead atoms. The number of carbonyl (C=O) groups excluding carboxylic acids is 1. The minimum atomic E-state index is -1.61. The largest absolute Gasteiger partial charge is 0.481 e. The van der Waals surface area contributed by atoms with Gasteiger partial charge in [0, 0.05) is 53.9 Å². The van der Waals surface area contributed by atoms with Gasteiger partial charge in [-0.1, -0.05) is 17.7 Å². The topological polar surface area (TPSA) is 104 Å². The van der Waals surface area contributed by atoms with Crippen molar-refractivity contribution in [3.63, 3.8) is 0 Å². The molecule has 0 spiro atoms. The maximum absolute atomic E-state index is 14.9. The molecule has 2 aromatic rings. The van der Waals surface area contributed by atoms with Gasteiger partial charge in [-0.05, 0) is 25.5 Å². The summed E-state index contributed by atoms with van der Waals surface area (Å²) in [4.78, 5) is 34.6. The van der Waals surface area contributed by atoms with Crippen molar-refractivity contribution >= 4 is 40.7 Å². The molecule has 1 atom stereocenters. The molecule has 0 aliphatic carbocycles.